The molecular weight excluding hydrogens is 326 g/mol. The van der Waals surface area contributed by atoms with Crippen molar-refractivity contribution >= 4 is 17.2 Å². The number of rotatable bonds is 4. The molecule has 9 heteroatoms. The van der Waals surface area contributed by atoms with Crippen LogP contribution in [0.1, 0.15) is 24.6 Å². The van der Waals surface area contributed by atoms with Gasteiger partial charge in [-0.05, 0) is 18.9 Å². The van der Waals surface area contributed by atoms with E-state index < -0.39 is 0 Å². The fourth-order valence-electron chi connectivity index (χ4n) is 2.97. The molecule has 1 aliphatic rings. The number of H-pyrrole nitrogens is 1. The predicted octanol–water partition coefficient (Wildman–Crippen LogP) is 1.53. The number of thiazole rings is 1. The average Bonchev–Trinajstić information content (AvgIpc) is 3.36. The highest BCUT2D eigenvalue weighted by atomic mass is 32.1. The van der Waals surface area contributed by atoms with Crippen molar-refractivity contribution in [3.63, 3.8) is 0 Å². The molecule has 0 spiro atoms. The van der Waals surface area contributed by atoms with Crippen molar-refractivity contribution in [3.8, 4) is 10.8 Å². The van der Waals surface area contributed by atoms with Gasteiger partial charge < -0.3 is 4.90 Å². The highest BCUT2D eigenvalue weighted by Crippen LogP contribution is 2.23. The van der Waals surface area contributed by atoms with Gasteiger partial charge in [0.25, 0.3) is 0 Å². The monoisotopic (exact) mass is 343 g/mol. The molecule has 1 atom stereocenters. The Kier molecular flexibility index (Phi) is 4.08. The zero-order valence-electron chi connectivity index (χ0n) is 13.0. The van der Waals surface area contributed by atoms with E-state index in [0.717, 1.165) is 30.1 Å². The fraction of sp³-hybridized carbons (Fsp3) is 0.400. The van der Waals surface area contributed by atoms with Gasteiger partial charge in [0.1, 0.15) is 6.33 Å². The molecule has 0 radical (unpaired) electrons. The van der Waals surface area contributed by atoms with Crippen LogP contribution < -0.4 is 0 Å². The zero-order valence-corrected chi connectivity index (χ0v) is 13.8. The van der Waals surface area contributed by atoms with Crippen LogP contribution in [-0.4, -0.2) is 53.8 Å². The molecule has 24 heavy (non-hydrogen) atoms. The lowest BCUT2D eigenvalue weighted by molar-refractivity contribution is -0.132. The molecule has 0 saturated carbocycles. The van der Waals surface area contributed by atoms with E-state index >= 15 is 0 Å². The maximum Gasteiger partial charge on any atom is 0.228 e. The van der Waals surface area contributed by atoms with Crippen molar-refractivity contribution < 1.29 is 4.79 Å². The second kappa shape index (κ2) is 6.52. The highest BCUT2D eigenvalue weighted by molar-refractivity contribution is 7.13. The van der Waals surface area contributed by atoms with Crippen LogP contribution in [0.25, 0.3) is 10.8 Å². The number of amides is 1. The van der Waals surface area contributed by atoms with Crippen molar-refractivity contribution in [2.75, 3.05) is 13.1 Å². The molecule has 1 N–H and O–H groups in total. The van der Waals surface area contributed by atoms with Crippen LogP contribution >= 0.6 is 11.3 Å². The number of hydrogen-bond donors (Lipinski definition) is 1. The van der Waals surface area contributed by atoms with Gasteiger partial charge in [-0.25, -0.2) is 9.97 Å². The second-order valence-corrected chi connectivity index (χ2v) is 6.63. The van der Waals surface area contributed by atoms with E-state index in [0.29, 0.717) is 18.8 Å². The van der Waals surface area contributed by atoms with Gasteiger partial charge >= 0.3 is 0 Å². The normalized spacial score (nSPS) is 18.0. The summed E-state index contributed by atoms with van der Waals surface area (Å²) in [5, 5.41) is 13.6. The number of aromatic amines is 1. The van der Waals surface area contributed by atoms with E-state index in [-0.39, 0.29) is 11.9 Å². The summed E-state index contributed by atoms with van der Waals surface area (Å²) in [7, 11) is 0. The number of carbonyl (C=O) groups excluding carboxylic acids is 1. The molecule has 3 aromatic rings. The minimum absolute atomic E-state index is 0.112. The minimum atomic E-state index is 0.112. The Morgan fingerprint density at radius 2 is 2.42 bits per heavy atom. The quantitative estimate of drug-likeness (QED) is 0.775. The van der Waals surface area contributed by atoms with Crippen molar-refractivity contribution in [2.45, 2.75) is 25.3 Å². The van der Waals surface area contributed by atoms with E-state index in [1.807, 2.05) is 27.2 Å². The smallest absolute Gasteiger partial charge is 0.228 e. The minimum Gasteiger partial charge on any atom is -0.340 e. The van der Waals surface area contributed by atoms with Crippen molar-refractivity contribution in [1.29, 1.82) is 0 Å². The summed E-state index contributed by atoms with van der Waals surface area (Å²) < 4.78 is 1.95. The Balaban J connectivity index is 1.41. The number of nitrogens with one attached hydrogen (secondary N) is 1. The standard InChI is InChI=1S/C15H17N7OS/c23-13(7-11-9-24-15(19-11)14-16-10-17-20-14)21-5-1-3-12(8-21)22-6-2-4-18-22/h2,4,6,9-10,12H,1,3,5,7-8H2,(H,16,17,20)/t12-/m1/s1. The van der Waals surface area contributed by atoms with Crippen LogP contribution in [0.5, 0.6) is 0 Å². The Bertz CT molecular complexity index is 796. The average molecular weight is 343 g/mol. The number of hydrogen-bond acceptors (Lipinski definition) is 6. The largest absolute Gasteiger partial charge is 0.340 e. The summed E-state index contributed by atoms with van der Waals surface area (Å²) in [5.74, 6) is 0.747. The van der Waals surface area contributed by atoms with Gasteiger partial charge in [0, 0.05) is 30.9 Å². The van der Waals surface area contributed by atoms with Crippen molar-refractivity contribution in [3.05, 3.63) is 35.9 Å². The number of piperidine rings is 1. The first-order valence-corrected chi connectivity index (χ1v) is 8.74. The number of likely N-dealkylation sites (tertiary alicyclic amines) is 1. The van der Waals surface area contributed by atoms with Gasteiger partial charge in [-0.1, -0.05) is 0 Å². The molecule has 3 aromatic heterocycles. The highest BCUT2D eigenvalue weighted by Gasteiger charge is 2.25. The molecule has 4 rings (SSSR count). The molecule has 124 valence electrons. The van der Waals surface area contributed by atoms with Crippen LogP contribution in [0.4, 0.5) is 0 Å². The number of carbonyl (C=O) groups is 1. The van der Waals surface area contributed by atoms with Crippen LogP contribution in [-0.2, 0) is 11.2 Å². The summed E-state index contributed by atoms with van der Waals surface area (Å²) in [6, 6.07) is 2.18. The lowest BCUT2D eigenvalue weighted by atomic mass is 10.1. The third-order valence-corrected chi connectivity index (χ3v) is 5.05. The molecule has 8 nitrogen and oxygen atoms in total. The summed E-state index contributed by atoms with van der Waals surface area (Å²) in [5.41, 5.74) is 0.776. The molecule has 1 saturated heterocycles. The summed E-state index contributed by atoms with van der Waals surface area (Å²) >= 11 is 1.46. The summed E-state index contributed by atoms with van der Waals surface area (Å²) in [4.78, 5) is 23.1. The first-order chi connectivity index (χ1) is 11.8. The first-order valence-electron chi connectivity index (χ1n) is 7.86. The Hall–Kier alpha value is -2.55. The van der Waals surface area contributed by atoms with Gasteiger partial charge in [0.05, 0.1) is 18.2 Å². The molecule has 1 aliphatic heterocycles. The van der Waals surface area contributed by atoms with Crippen LogP contribution in [0.15, 0.2) is 30.2 Å². The van der Waals surface area contributed by atoms with E-state index in [1.165, 1.54) is 17.7 Å². The number of aromatic nitrogens is 6. The molecular formula is C15H17N7OS. The Morgan fingerprint density at radius 3 is 3.21 bits per heavy atom. The third kappa shape index (κ3) is 3.07. The van der Waals surface area contributed by atoms with Crippen molar-refractivity contribution in [1.82, 2.24) is 34.8 Å². The maximum atomic E-state index is 12.6. The molecule has 0 aromatic carbocycles. The first kappa shape index (κ1) is 15.0. The molecule has 0 bridgehead atoms. The molecule has 1 amide bonds. The van der Waals surface area contributed by atoms with E-state index in [1.54, 1.807) is 6.20 Å². The fourth-order valence-corrected chi connectivity index (χ4v) is 3.73. The Labute approximate surface area is 142 Å². The van der Waals surface area contributed by atoms with Gasteiger partial charge in [0.15, 0.2) is 10.8 Å². The second-order valence-electron chi connectivity index (χ2n) is 5.78. The molecule has 4 heterocycles. The van der Waals surface area contributed by atoms with Crippen LogP contribution in [0, 0.1) is 0 Å². The van der Waals surface area contributed by atoms with Gasteiger partial charge in [-0.3, -0.25) is 14.6 Å². The number of nitrogens with zero attached hydrogens (tertiary/aromatic N) is 6. The third-order valence-electron chi connectivity index (χ3n) is 4.15. The lowest BCUT2D eigenvalue weighted by Gasteiger charge is -2.32. The maximum absolute atomic E-state index is 12.6. The van der Waals surface area contributed by atoms with Crippen LogP contribution in [0.3, 0.4) is 0 Å². The van der Waals surface area contributed by atoms with Gasteiger partial charge in [-0.2, -0.15) is 10.2 Å². The predicted molar refractivity (Wildman–Crippen MR) is 88.3 cm³/mol. The van der Waals surface area contributed by atoms with E-state index in [9.17, 15) is 4.79 Å². The van der Waals surface area contributed by atoms with Crippen molar-refractivity contribution in [2.24, 2.45) is 0 Å². The lowest BCUT2D eigenvalue weighted by Crippen LogP contribution is -2.41. The topological polar surface area (TPSA) is 92.6 Å². The van der Waals surface area contributed by atoms with E-state index in [2.05, 4.69) is 25.3 Å². The Morgan fingerprint density at radius 1 is 1.46 bits per heavy atom. The van der Waals surface area contributed by atoms with Gasteiger partial charge in [0.2, 0.25) is 5.91 Å². The molecule has 1 fully saturated rings. The molecule has 0 aliphatic carbocycles. The van der Waals surface area contributed by atoms with Crippen LogP contribution in [0.2, 0.25) is 0 Å². The van der Waals surface area contributed by atoms with E-state index in [4.69, 9.17) is 0 Å². The summed E-state index contributed by atoms with van der Waals surface area (Å²) in [6.07, 6.45) is 7.56. The zero-order chi connectivity index (χ0) is 16.4. The SMILES string of the molecule is O=C(Cc1csc(-c2ncn[nH]2)n1)N1CCC[C@@H](n2cccn2)C1. The summed E-state index contributed by atoms with van der Waals surface area (Å²) in [6.45, 7) is 1.51. The molecule has 0 unspecified atom stereocenters. The van der Waals surface area contributed by atoms with Gasteiger partial charge in [-0.15, -0.1) is 11.3 Å².